The van der Waals surface area contributed by atoms with Crippen LogP contribution in [0.25, 0.3) is 0 Å². The molecular formula is C51H101NO11. The van der Waals surface area contributed by atoms with E-state index in [1.165, 1.54) is 31.1 Å². The summed E-state index contributed by atoms with van der Waals surface area (Å²) < 4.78 is 20.8. The number of nitrogens with zero attached hydrogens (tertiary/aromatic N) is 1. The molecule has 2 fully saturated rings. The lowest BCUT2D eigenvalue weighted by Crippen LogP contribution is -2.56. The van der Waals surface area contributed by atoms with Gasteiger partial charge < -0.3 is 39.2 Å². The molecule has 0 aromatic carbocycles. The minimum absolute atomic E-state index is 0.0284. The number of likely N-dealkylation sites (tertiary alicyclic amines) is 1. The minimum Gasteiger partial charge on any atom is -0.483 e. The monoisotopic (exact) mass is 904 g/mol. The largest absolute Gasteiger partial charge is 0.483 e. The highest BCUT2D eigenvalue weighted by Crippen LogP contribution is 2.31. The number of rotatable bonds is 22. The van der Waals surface area contributed by atoms with Gasteiger partial charge in [-0.1, -0.05) is 112 Å². The van der Waals surface area contributed by atoms with E-state index in [0.29, 0.717) is 31.4 Å². The first-order valence-corrected chi connectivity index (χ1v) is 24.3. The lowest BCUT2D eigenvalue weighted by Gasteiger charge is -2.37. The van der Waals surface area contributed by atoms with E-state index in [9.17, 15) is 24.6 Å². The Morgan fingerprint density at radius 3 is 1.90 bits per heavy atom. The van der Waals surface area contributed by atoms with Crippen LogP contribution in [0.1, 0.15) is 193 Å². The summed E-state index contributed by atoms with van der Waals surface area (Å²) in [5.41, 5.74) is 2.45. The Labute approximate surface area is 387 Å². The first-order valence-electron chi connectivity index (χ1n) is 24.3. The third-order valence-electron chi connectivity index (χ3n) is 11.0. The predicted molar refractivity (Wildman–Crippen MR) is 261 cm³/mol. The molecule has 8 atom stereocenters. The summed E-state index contributed by atoms with van der Waals surface area (Å²) in [6.07, 6.45) is 17.4. The lowest BCUT2D eigenvalue weighted by atomic mass is 9.84. The number of amides is 1. The Hall–Kier alpha value is -2.48. The molecule has 0 spiro atoms. The van der Waals surface area contributed by atoms with Crippen LogP contribution in [0.4, 0.5) is 0 Å². The number of carbonyl (C=O) groups is 4. The van der Waals surface area contributed by atoms with Crippen molar-refractivity contribution in [3.05, 3.63) is 23.3 Å². The second-order valence-electron chi connectivity index (χ2n) is 15.7. The molecule has 12 nitrogen and oxygen atoms in total. The van der Waals surface area contributed by atoms with Crippen molar-refractivity contribution in [2.75, 3.05) is 42.1 Å². The number of ether oxygens (including phenoxy) is 4. The van der Waals surface area contributed by atoms with E-state index in [2.05, 4.69) is 17.7 Å². The normalized spacial score (nSPS) is 19.9. The van der Waals surface area contributed by atoms with Crippen LogP contribution >= 0.6 is 0 Å². The number of carboxylic acid groups (broad SMARTS) is 1. The molecule has 376 valence electrons. The SMILES string of the molecule is CC.CC.CC.CC.COC.COC1CCCC(/C=C(\C)C[C@H](C)C(O)CC(=O)C/C=C(/C)CCCCCC(CC(C)C(O)(OC)C(=O)C(=O)N2CCCCC2C)OC)C1.O=CO. The molecule has 0 radical (unpaired) electrons. The van der Waals surface area contributed by atoms with Gasteiger partial charge in [-0.2, -0.15) is 0 Å². The van der Waals surface area contributed by atoms with Crippen molar-refractivity contribution < 1.29 is 53.4 Å². The number of hydrogen-bond donors (Lipinski definition) is 3. The maximum Gasteiger partial charge on any atom is 0.296 e. The van der Waals surface area contributed by atoms with Crippen LogP contribution in [-0.2, 0) is 38.1 Å². The van der Waals surface area contributed by atoms with Crippen LogP contribution in [0.15, 0.2) is 23.3 Å². The van der Waals surface area contributed by atoms with Gasteiger partial charge in [-0.25, -0.2) is 0 Å². The summed E-state index contributed by atoms with van der Waals surface area (Å²) in [6.45, 7) is 26.1. The molecule has 0 aromatic rings. The van der Waals surface area contributed by atoms with Gasteiger partial charge in [0.25, 0.3) is 18.2 Å². The van der Waals surface area contributed by atoms with E-state index in [1.54, 1.807) is 40.3 Å². The number of aliphatic hydroxyl groups is 2. The van der Waals surface area contributed by atoms with Gasteiger partial charge >= 0.3 is 0 Å². The highest BCUT2D eigenvalue weighted by Gasteiger charge is 2.48. The number of ketones is 2. The molecule has 0 bridgehead atoms. The molecule has 63 heavy (non-hydrogen) atoms. The van der Waals surface area contributed by atoms with E-state index < -0.39 is 29.5 Å². The standard InChI is InChI=1S/C40H69NO8.C2H6O.4C2H6.CH2O2/c1-28(20-21-34(42)27-37(43)30(3)23-29(2)24-33-17-14-19-36(26-33)48-7)15-10-9-11-18-35(47-6)25-31(4)40(46,49-8)38(44)39(45)41-22-13-12-16-32(41)5;1-3-2;4*1-2;2-1-3/h20,24,30-33,35-37,43,46H,9-19,21-23,25-27H2,1-8H3;1-2H3;4*1-2H3;1H,(H,2,3)/b28-20-,29-24+;;;;;;/t30-,31?,32?,33?,35?,36?,37?,40?;;;;;;/m0....../s1. The van der Waals surface area contributed by atoms with Crippen LogP contribution in [0.3, 0.4) is 0 Å². The molecule has 1 saturated carbocycles. The van der Waals surface area contributed by atoms with Gasteiger partial charge in [0.1, 0.15) is 5.78 Å². The average Bonchev–Trinajstić information content (AvgIpc) is 3.30. The Bertz CT molecular complexity index is 1160. The Morgan fingerprint density at radius 2 is 1.40 bits per heavy atom. The number of aliphatic hydroxyl groups excluding tert-OH is 1. The van der Waals surface area contributed by atoms with E-state index in [1.807, 2.05) is 82.2 Å². The maximum atomic E-state index is 13.2. The maximum absolute atomic E-state index is 13.2. The van der Waals surface area contributed by atoms with Crippen molar-refractivity contribution in [1.82, 2.24) is 4.90 Å². The molecule has 2 aliphatic rings. The summed E-state index contributed by atoms with van der Waals surface area (Å²) in [7, 11) is 7.93. The van der Waals surface area contributed by atoms with E-state index in [0.717, 1.165) is 70.6 Å². The van der Waals surface area contributed by atoms with Gasteiger partial charge in [0, 0.05) is 66.9 Å². The van der Waals surface area contributed by atoms with Crippen LogP contribution in [0.2, 0.25) is 0 Å². The summed E-state index contributed by atoms with van der Waals surface area (Å²) in [5.74, 6) is -3.78. The van der Waals surface area contributed by atoms with Crippen LogP contribution in [0, 0.1) is 17.8 Å². The Balaban J connectivity index is -0.000000716. The number of piperidine rings is 1. The Kier molecular flexibility index (Phi) is 50.9. The molecule has 3 N–H and O–H groups in total. The van der Waals surface area contributed by atoms with Crippen molar-refractivity contribution in [2.24, 2.45) is 17.8 Å². The molecule has 1 aliphatic carbocycles. The van der Waals surface area contributed by atoms with Gasteiger partial charge in [0.15, 0.2) is 0 Å². The molecule has 0 aromatic heterocycles. The molecule has 1 saturated heterocycles. The number of methoxy groups -OCH3 is 4. The fraction of sp³-hybridized carbons (Fsp3) is 0.843. The number of unbranched alkanes of at least 4 members (excludes halogenated alkanes) is 2. The molecule has 2 rings (SSSR count). The minimum atomic E-state index is -2.20. The number of hydrogen-bond acceptors (Lipinski definition) is 10. The van der Waals surface area contributed by atoms with Gasteiger partial charge in [0.05, 0.1) is 18.3 Å². The average molecular weight is 904 g/mol. The zero-order valence-corrected chi connectivity index (χ0v) is 43.8. The third kappa shape index (κ3) is 31.9. The Morgan fingerprint density at radius 1 is 0.825 bits per heavy atom. The van der Waals surface area contributed by atoms with E-state index >= 15 is 0 Å². The zero-order valence-electron chi connectivity index (χ0n) is 43.8. The molecule has 1 amide bonds. The summed E-state index contributed by atoms with van der Waals surface area (Å²) in [5, 5.41) is 28.8. The first kappa shape index (κ1) is 69.6. The molecule has 1 heterocycles. The number of allylic oxidation sites excluding steroid dienone is 4. The van der Waals surface area contributed by atoms with Crippen LogP contribution < -0.4 is 0 Å². The van der Waals surface area contributed by atoms with Crippen molar-refractivity contribution in [3.63, 3.8) is 0 Å². The summed E-state index contributed by atoms with van der Waals surface area (Å²) >= 11 is 0. The molecule has 12 heteroatoms. The lowest BCUT2D eigenvalue weighted by molar-refractivity contribution is -0.219. The fourth-order valence-corrected chi connectivity index (χ4v) is 7.61. The summed E-state index contributed by atoms with van der Waals surface area (Å²) in [4.78, 5) is 48.7. The molecule has 1 aliphatic heterocycles. The number of Topliss-reactive ketones (excluding diaryl/α,β-unsaturated/α-hetero) is 2. The van der Waals surface area contributed by atoms with Crippen molar-refractivity contribution in [1.29, 1.82) is 0 Å². The second kappa shape index (κ2) is 46.1. The van der Waals surface area contributed by atoms with Crippen LogP contribution in [0.5, 0.6) is 0 Å². The molecule has 7 unspecified atom stereocenters. The molecular weight excluding hydrogens is 803 g/mol. The third-order valence-corrected chi connectivity index (χ3v) is 11.0. The van der Waals surface area contributed by atoms with E-state index in [-0.39, 0.29) is 36.7 Å². The van der Waals surface area contributed by atoms with Gasteiger partial charge in [-0.05, 0) is 103 Å². The quantitative estimate of drug-likeness (QED) is 0.0311. The topological polar surface area (TPSA) is 169 Å². The number of carbonyl (C=O) groups excluding carboxylic acids is 3. The van der Waals surface area contributed by atoms with Gasteiger partial charge in [-0.15, -0.1) is 0 Å². The second-order valence-corrected chi connectivity index (χ2v) is 15.7. The van der Waals surface area contributed by atoms with Crippen molar-refractivity contribution in [2.45, 2.75) is 223 Å². The first-order chi connectivity index (χ1) is 30.1. The van der Waals surface area contributed by atoms with E-state index in [4.69, 9.17) is 24.1 Å². The van der Waals surface area contributed by atoms with Crippen molar-refractivity contribution in [3.8, 4) is 0 Å². The smallest absolute Gasteiger partial charge is 0.296 e. The van der Waals surface area contributed by atoms with Crippen LogP contribution in [-0.4, -0.2) is 116 Å². The van der Waals surface area contributed by atoms with Gasteiger partial charge in [-0.3, -0.25) is 19.2 Å². The highest BCUT2D eigenvalue weighted by atomic mass is 16.6. The van der Waals surface area contributed by atoms with Crippen molar-refractivity contribution >= 4 is 23.9 Å². The highest BCUT2D eigenvalue weighted by molar-refractivity contribution is 6.38. The van der Waals surface area contributed by atoms with Gasteiger partial charge in [0.2, 0.25) is 5.79 Å². The predicted octanol–water partition coefficient (Wildman–Crippen LogP) is 11.2. The zero-order chi connectivity index (χ0) is 50.0. The summed E-state index contributed by atoms with van der Waals surface area (Å²) in [6, 6.07) is -0.0346. The fourth-order valence-electron chi connectivity index (χ4n) is 7.61.